The van der Waals surface area contributed by atoms with Crippen LogP contribution in [-0.2, 0) is 20.3 Å². The number of anilines is 2. The van der Waals surface area contributed by atoms with Crippen molar-refractivity contribution in [1.82, 2.24) is 34.3 Å². The number of piperidine rings is 1. The number of likely N-dealkylation sites (tertiary alicyclic amines) is 1. The molecule has 2 fully saturated rings. The molecule has 2 saturated heterocycles. The highest BCUT2D eigenvalue weighted by molar-refractivity contribution is 7.89. The number of ether oxygens (including phenoxy) is 1. The Morgan fingerprint density at radius 1 is 1.14 bits per heavy atom. The van der Waals surface area contributed by atoms with Crippen LogP contribution in [0.5, 0.6) is 0 Å². The van der Waals surface area contributed by atoms with Gasteiger partial charge in [0, 0.05) is 61.4 Å². The van der Waals surface area contributed by atoms with Crippen LogP contribution in [0.4, 0.5) is 16.4 Å². The van der Waals surface area contributed by atoms with Crippen molar-refractivity contribution in [1.29, 1.82) is 5.26 Å². The fourth-order valence-electron chi connectivity index (χ4n) is 5.29. The molecule has 14 nitrogen and oxygen atoms in total. The summed E-state index contributed by atoms with van der Waals surface area (Å²) >= 11 is 0. The first-order valence-electron chi connectivity index (χ1n) is 14.5. The number of carbonyl (C=O) groups is 2. The van der Waals surface area contributed by atoms with Crippen LogP contribution in [0.1, 0.15) is 43.5 Å². The standard InChI is InChI=1S/C29H35N9O5S/c1-3-43-28(40)36-15-10-24(11-16-36)33-26(39)21-5-7-23(8-6-21)34-27-31-14-9-25(35-27)22-17-32-38(18-22)29(12-13-30)19-37(20-29)44(41,42)4-2/h5-9,14,17-18,24H,3-4,10-12,15-16,19-20H2,1-2H3,(H,33,39)(H,31,34,35). The number of amides is 2. The number of rotatable bonds is 10. The van der Waals surface area contributed by atoms with E-state index in [1.54, 1.807) is 72.4 Å². The van der Waals surface area contributed by atoms with Gasteiger partial charge in [0.1, 0.15) is 5.54 Å². The van der Waals surface area contributed by atoms with Gasteiger partial charge in [-0.05, 0) is 57.0 Å². The molecule has 44 heavy (non-hydrogen) atoms. The second-order valence-electron chi connectivity index (χ2n) is 10.8. The van der Waals surface area contributed by atoms with Crippen LogP contribution >= 0.6 is 0 Å². The molecule has 2 aliphatic heterocycles. The quantitative estimate of drug-likeness (QED) is 0.342. The van der Waals surface area contributed by atoms with Crippen LogP contribution < -0.4 is 10.6 Å². The largest absolute Gasteiger partial charge is 0.450 e. The fourth-order valence-corrected chi connectivity index (χ4v) is 6.53. The molecule has 1 aromatic carbocycles. The monoisotopic (exact) mass is 621 g/mol. The lowest BCUT2D eigenvalue weighted by molar-refractivity contribution is 0.0719. The van der Waals surface area contributed by atoms with Gasteiger partial charge >= 0.3 is 6.09 Å². The van der Waals surface area contributed by atoms with E-state index >= 15 is 0 Å². The first kappa shape index (κ1) is 30.9. The molecule has 0 spiro atoms. The van der Waals surface area contributed by atoms with Crippen molar-refractivity contribution >= 4 is 33.7 Å². The van der Waals surface area contributed by atoms with Gasteiger partial charge in [-0.25, -0.2) is 23.2 Å². The first-order valence-corrected chi connectivity index (χ1v) is 16.1. The minimum absolute atomic E-state index is 0.00582. The predicted molar refractivity (Wildman–Crippen MR) is 161 cm³/mol. The number of hydrogen-bond donors (Lipinski definition) is 2. The summed E-state index contributed by atoms with van der Waals surface area (Å²) in [5.74, 6) is 0.167. The van der Waals surface area contributed by atoms with Gasteiger partial charge in [-0.15, -0.1) is 0 Å². The summed E-state index contributed by atoms with van der Waals surface area (Å²) in [6.07, 6.45) is 6.15. The average molecular weight is 622 g/mol. The first-order chi connectivity index (χ1) is 21.2. The third-order valence-corrected chi connectivity index (χ3v) is 9.66. The van der Waals surface area contributed by atoms with Gasteiger partial charge in [-0.1, -0.05) is 0 Å². The summed E-state index contributed by atoms with van der Waals surface area (Å²) in [6, 6.07) is 10.9. The second-order valence-corrected chi connectivity index (χ2v) is 13.1. The summed E-state index contributed by atoms with van der Waals surface area (Å²) in [7, 11) is -3.34. The van der Waals surface area contributed by atoms with E-state index in [0.717, 1.165) is 0 Å². The van der Waals surface area contributed by atoms with Gasteiger partial charge in [-0.2, -0.15) is 14.7 Å². The topological polar surface area (TPSA) is 175 Å². The van der Waals surface area contributed by atoms with Crippen molar-refractivity contribution < 1.29 is 22.7 Å². The lowest BCUT2D eigenvalue weighted by Crippen LogP contribution is -2.64. The zero-order valence-electron chi connectivity index (χ0n) is 24.6. The SMILES string of the molecule is CCOC(=O)N1CCC(NC(=O)c2ccc(Nc3nccc(-c4cnn(C5(CC#N)CN(S(=O)(=O)CC)C5)c4)n3)cc2)CC1. The van der Waals surface area contributed by atoms with Crippen LogP contribution in [0.15, 0.2) is 48.9 Å². The number of benzene rings is 1. The Hall–Kier alpha value is -4.55. The van der Waals surface area contributed by atoms with Gasteiger partial charge in [0.25, 0.3) is 5.91 Å². The molecule has 0 radical (unpaired) electrons. The lowest BCUT2D eigenvalue weighted by atomic mass is 9.89. The summed E-state index contributed by atoms with van der Waals surface area (Å²) in [5, 5.41) is 20.1. The van der Waals surface area contributed by atoms with Crippen molar-refractivity contribution in [2.75, 3.05) is 43.9 Å². The molecular formula is C29H35N9O5S. The number of nitrogens with zero attached hydrogens (tertiary/aromatic N) is 7. The predicted octanol–water partition coefficient (Wildman–Crippen LogP) is 2.71. The number of hydrogen-bond acceptors (Lipinski definition) is 10. The molecule has 2 aliphatic rings. The molecule has 0 aliphatic carbocycles. The molecule has 2 aromatic heterocycles. The van der Waals surface area contributed by atoms with Crippen LogP contribution in [0.25, 0.3) is 11.3 Å². The van der Waals surface area contributed by atoms with Crippen LogP contribution in [0, 0.1) is 11.3 Å². The highest BCUT2D eigenvalue weighted by atomic mass is 32.2. The summed E-state index contributed by atoms with van der Waals surface area (Å²) < 4.78 is 32.6. The molecule has 2 amide bonds. The second kappa shape index (κ2) is 13.0. The Kier molecular flexibility index (Phi) is 9.12. The van der Waals surface area contributed by atoms with Crippen LogP contribution in [-0.4, -0.2) is 94.0 Å². The van der Waals surface area contributed by atoms with E-state index < -0.39 is 15.6 Å². The Morgan fingerprint density at radius 3 is 2.52 bits per heavy atom. The van der Waals surface area contributed by atoms with Gasteiger partial charge in [-0.3, -0.25) is 9.48 Å². The minimum atomic E-state index is -3.34. The third kappa shape index (κ3) is 6.66. The van der Waals surface area contributed by atoms with Crippen molar-refractivity contribution in [2.24, 2.45) is 0 Å². The van der Waals surface area contributed by atoms with Gasteiger partial charge in [0.05, 0.1) is 36.7 Å². The molecule has 5 rings (SSSR count). The van der Waals surface area contributed by atoms with Crippen LogP contribution in [0.3, 0.4) is 0 Å². The molecule has 232 valence electrons. The van der Waals surface area contributed by atoms with Gasteiger partial charge in [0.15, 0.2) is 0 Å². The van der Waals surface area contributed by atoms with Gasteiger partial charge < -0.3 is 20.3 Å². The normalized spacial score (nSPS) is 16.9. The Balaban J connectivity index is 1.19. The third-order valence-electron chi connectivity index (χ3n) is 7.89. The number of carbonyl (C=O) groups excluding carboxylic acids is 2. The van der Waals surface area contributed by atoms with E-state index in [4.69, 9.17) is 4.74 Å². The zero-order chi connectivity index (χ0) is 31.3. The molecule has 3 aromatic rings. The zero-order valence-corrected chi connectivity index (χ0v) is 25.5. The molecule has 0 saturated carbocycles. The molecule has 0 bridgehead atoms. The lowest BCUT2D eigenvalue weighted by Gasteiger charge is -2.47. The molecular weight excluding hydrogens is 586 g/mol. The molecule has 0 atom stereocenters. The molecule has 2 N–H and O–H groups in total. The Labute approximate surface area is 256 Å². The van der Waals surface area contributed by atoms with Gasteiger partial charge in [0.2, 0.25) is 16.0 Å². The maximum Gasteiger partial charge on any atom is 0.409 e. The van der Waals surface area contributed by atoms with E-state index in [1.807, 2.05) is 0 Å². The summed E-state index contributed by atoms with van der Waals surface area (Å²) in [4.78, 5) is 35.2. The molecule has 15 heteroatoms. The Morgan fingerprint density at radius 2 is 1.86 bits per heavy atom. The number of nitrogens with one attached hydrogen (secondary N) is 2. The smallest absolute Gasteiger partial charge is 0.409 e. The maximum absolute atomic E-state index is 12.8. The highest BCUT2D eigenvalue weighted by Crippen LogP contribution is 2.35. The average Bonchev–Trinajstić information content (AvgIpc) is 3.50. The van der Waals surface area contributed by atoms with Crippen molar-refractivity contribution in [3.63, 3.8) is 0 Å². The fraction of sp³-hybridized carbons (Fsp3) is 0.448. The number of sulfonamides is 1. The summed E-state index contributed by atoms with van der Waals surface area (Å²) in [6.45, 7) is 5.17. The van der Waals surface area contributed by atoms with E-state index in [1.165, 1.54) is 4.31 Å². The van der Waals surface area contributed by atoms with E-state index in [-0.39, 0.29) is 43.3 Å². The molecule has 4 heterocycles. The highest BCUT2D eigenvalue weighted by Gasteiger charge is 2.49. The maximum atomic E-state index is 12.8. The van der Waals surface area contributed by atoms with E-state index in [2.05, 4.69) is 31.8 Å². The van der Waals surface area contributed by atoms with Crippen molar-refractivity contribution in [3.05, 3.63) is 54.5 Å². The van der Waals surface area contributed by atoms with Crippen molar-refractivity contribution in [3.8, 4) is 17.3 Å². The number of aromatic nitrogens is 4. The van der Waals surface area contributed by atoms with Crippen molar-refractivity contribution in [2.45, 2.75) is 44.7 Å². The van der Waals surface area contributed by atoms with Crippen LogP contribution in [0.2, 0.25) is 0 Å². The number of nitriles is 1. The summed E-state index contributed by atoms with van der Waals surface area (Å²) in [5.41, 5.74) is 1.78. The molecule has 0 unspecified atom stereocenters. The van der Waals surface area contributed by atoms with E-state index in [9.17, 15) is 23.3 Å². The Bertz CT molecular complexity index is 1640. The van der Waals surface area contributed by atoms with E-state index in [0.29, 0.717) is 61.0 Å². The minimum Gasteiger partial charge on any atom is -0.450 e.